The molecule has 240 valence electrons. The third-order valence-electron chi connectivity index (χ3n) is 7.61. The molecule has 0 unspecified atom stereocenters. The zero-order valence-electron chi connectivity index (χ0n) is 25.5. The number of nitrogens with one attached hydrogen (secondary N) is 1. The second-order valence-electron chi connectivity index (χ2n) is 10.9. The van der Waals surface area contributed by atoms with E-state index in [0.717, 1.165) is 4.31 Å². The number of aliphatic hydroxyl groups is 1. The number of ether oxygens (including phenoxy) is 2. The van der Waals surface area contributed by atoms with Gasteiger partial charge in [-0.3, -0.25) is 9.52 Å². The van der Waals surface area contributed by atoms with Crippen molar-refractivity contribution in [1.82, 2.24) is 14.4 Å². The number of likely N-dealkylation sites (N-methyl/N-ethyl adjacent to an activating group) is 1. The van der Waals surface area contributed by atoms with Crippen LogP contribution < -0.4 is 14.2 Å². The van der Waals surface area contributed by atoms with Crippen molar-refractivity contribution in [3.63, 3.8) is 0 Å². The smallest absolute Gasteiger partial charge is 0.261 e. The molecular formula is C29H38N4O9S2. The van der Waals surface area contributed by atoms with E-state index in [-0.39, 0.29) is 64.9 Å². The number of aliphatic hydroxyl groups excluding tert-OH is 1. The molecule has 2 N–H and O–H groups in total. The number of fused-ring (bicyclic) bond motifs is 1. The molecule has 1 aromatic heterocycles. The normalized spacial score (nSPS) is 18.5. The van der Waals surface area contributed by atoms with Crippen LogP contribution in [0.5, 0.6) is 11.5 Å². The van der Waals surface area contributed by atoms with Crippen molar-refractivity contribution in [2.24, 2.45) is 5.92 Å². The van der Waals surface area contributed by atoms with Crippen LogP contribution in [-0.4, -0.2) is 88.2 Å². The van der Waals surface area contributed by atoms with Gasteiger partial charge in [0, 0.05) is 30.8 Å². The summed E-state index contributed by atoms with van der Waals surface area (Å²) >= 11 is 0. The van der Waals surface area contributed by atoms with Crippen molar-refractivity contribution in [1.29, 1.82) is 0 Å². The molecule has 0 fully saturated rings. The van der Waals surface area contributed by atoms with E-state index in [2.05, 4.69) is 9.88 Å². The molecule has 3 atom stereocenters. The maximum Gasteiger partial charge on any atom is 0.261 e. The molecule has 0 bridgehead atoms. The minimum atomic E-state index is -4.00. The van der Waals surface area contributed by atoms with Gasteiger partial charge in [-0.2, -0.15) is 4.31 Å². The second-order valence-corrected chi connectivity index (χ2v) is 14.6. The third kappa shape index (κ3) is 7.01. The molecule has 1 aliphatic heterocycles. The van der Waals surface area contributed by atoms with Crippen LogP contribution in [0.3, 0.4) is 0 Å². The maximum absolute atomic E-state index is 13.5. The fourth-order valence-corrected chi connectivity index (χ4v) is 7.55. The Labute approximate surface area is 257 Å². The molecule has 15 heteroatoms. The lowest BCUT2D eigenvalue weighted by Gasteiger charge is -2.33. The Hall–Kier alpha value is -3.66. The van der Waals surface area contributed by atoms with Crippen LogP contribution in [0.15, 0.2) is 56.8 Å². The lowest BCUT2D eigenvalue weighted by Crippen LogP contribution is -2.48. The summed E-state index contributed by atoms with van der Waals surface area (Å²) < 4.78 is 73.4. The summed E-state index contributed by atoms with van der Waals surface area (Å²) in [7, 11) is -5.06. The number of carbonyl (C=O) groups excluding carboxylic acids is 1. The fourth-order valence-electron chi connectivity index (χ4n) is 5.03. The molecule has 0 spiro atoms. The standard InChI is InChI=1S/C29H38N4O9S2/c1-18-15-33(19(2)17-34)28(35)14-22-13-23(31-43(36,37)25-10-8-24(40-6)9-11-25)7-12-26(22)41-27(18)16-32(5)44(38,39)29-20(3)30-42-21(29)4/h7-13,18-19,27,31,34H,14-17H2,1-6H3/t18-,19-,27-/m0/s1. The minimum Gasteiger partial charge on any atom is -0.497 e. The molecule has 13 nitrogen and oxygen atoms in total. The molecule has 2 heterocycles. The number of aryl methyl sites for hydroxylation is 2. The number of anilines is 1. The largest absolute Gasteiger partial charge is 0.497 e. The van der Waals surface area contributed by atoms with Crippen molar-refractivity contribution >= 4 is 31.6 Å². The number of benzene rings is 2. The average molecular weight is 651 g/mol. The highest BCUT2D eigenvalue weighted by molar-refractivity contribution is 7.92. The number of sulfonamides is 2. The van der Waals surface area contributed by atoms with Crippen LogP contribution in [0.1, 0.15) is 30.9 Å². The lowest BCUT2D eigenvalue weighted by molar-refractivity contribution is -0.134. The predicted molar refractivity (Wildman–Crippen MR) is 162 cm³/mol. The van der Waals surface area contributed by atoms with Crippen LogP contribution in [0.2, 0.25) is 0 Å². The average Bonchev–Trinajstić information content (AvgIpc) is 3.34. The van der Waals surface area contributed by atoms with Gasteiger partial charge in [0.2, 0.25) is 15.9 Å². The molecule has 1 amide bonds. The zero-order valence-corrected chi connectivity index (χ0v) is 27.1. The number of methoxy groups -OCH3 is 1. The van der Waals surface area contributed by atoms with E-state index in [0.29, 0.717) is 17.1 Å². The second kappa shape index (κ2) is 13.1. The SMILES string of the molecule is COc1ccc(S(=O)(=O)Nc2ccc3c(c2)CC(=O)N([C@@H](C)CO)C[C@H](C)[C@H](CN(C)S(=O)(=O)c2c(C)noc2C)O3)cc1. The van der Waals surface area contributed by atoms with Crippen molar-refractivity contribution < 1.29 is 40.7 Å². The first-order valence-electron chi connectivity index (χ1n) is 13.9. The van der Waals surface area contributed by atoms with E-state index < -0.39 is 32.2 Å². The number of amides is 1. The first-order valence-corrected chi connectivity index (χ1v) is 16.9. The number of aromatic nitrogens is 1. The Balaban J connectivity index is 1.68. The van der Waals surface area contributed by atoms with Crippen molar-refractivity contribution in [3.05, 3.63) is 59.5 Å². The summed E-state index contributed by atoms with van der Waals surface area (Å²) in [6, 6.07) is 9.97. The van der Waals surface area contributed by atoms with Crippen molar-refractivity contribution in [2.45, 2.75) is 56.1 Å². The van der Waals surface area contributed by atoms with Gasteiger partial charge < -0.3 is 24.0 Å². The van der Waals surface area contributed by atoms with Gasteiger partial charge in [0.15, 0.2) is 5.76 Å². The van der Waals surface area contributed by atoms with Gasteiger partial charge in [0.1, 0.15) is 28.2 Å². The summed E-state index contributed by atoms with van der Waals surface area (Å²) in [6.07, 6.45) is -0.861. The predicted octanol–water partition coefficient (Wildman–Crippen LogP) is 2.57. The molecule has 0 radical (unpaired) electrons. The Bertz CT molecular complexity index is 1690. The molecule has 0 aliphatic carbocycles. The lowest BCUT2D eigenvalue weighted by atomic mass is 10.0. The Morgan fingerprint density at radius 2 is 1.84 bits per heavy atom. The topological polar surface area (TPSA) is 169 Å². The molecule has 4 rings (SSSR count). The Kier molecular flexibility index (Phi) is 9.93. The first-order chi connectivity index (χ1) is 20.7. The van der Waals surface area contributed by atoms with Gasteiger partial charge in [-0.1, -0.05) is 12.1 Å². The molecule has 1 aliphatic rings. The van der Waals surface area contributed by atoms with Gasteiger partial charge in [0.25, 0.3) is 10.0 Å². The van der Waals surface area contributed by atoms with Gasteiger partial charge in [-0.05, 0) is 63.2 Å². The van der Waals surface area contributed by atoms with Crippen LogP contribution in [0, 0.1) is 19.8 Å². The third-order valence-corrected chi connectivity index (χ3v) is 11.1. The van der Waals surface area contributed by atoms with Crippen LogP contribution in [-0.2, 0) is 31.3 Å². The Morgan fingerprint density at radius 1 is 1.16 bits per heavy atom. The van der Waals surface area contributed by atoms with E-state index in [9.17, 15) is 26.7 Å². The van der Waals surface area contributed by atoms with E-state index in [1.807, 2.05) is 6.92 Å². The molecule has 3 aromatic rings. The molecule has 44 heavy (non-hydrogen) atoms. The molecule has 0 saturated heterocycles. The van der Waals surface area contributed by atoms with Gasteiger partial charge >= 0.3 is 0 Å². The molecule has 0 saturated carbocycles. The van der Waals surface area contributed by atoms with Crippen LogP contribution in [0.4, 0.5) is 5.69 Å². The molecule has 2 aromatic carbocycles. The van der Waals surface area contributed by atoms with E-state index in [1.165, 1.54) is 62.4 Å². The van der Waals surface area contributed by atoms with E-state index >= 15 is 0 Å². The highest BCUT2D eigenvalue weighted by atomic mass is 32.2. The first kappa shape index (κ1) is 33.2. The van der Waals surface area contributed by atoms with Crippen molar-refractivity contribution in [3.8, 4) is 11.5 Å². The van der Waals surface area contributed by atoms with E-state index in [1.54, 1.807) is 19.9 Å². The number of carbonyl (C=O) groups is 1. The summed E-state index contributed by atoms with van der Waals surface area (Å²) in [4.78, 5) is 15.0. The highest BCUT2D eigenvalue weighted by Gasteiger charge is 2.35. The van der Waals surface area contributed by atoms with E-state index in [4.69, 9.17) is 14.0 Å². The summed E-state index contributed by atoms with van der Waals surface area (Å²) in [5.41, 5.74) is 0.844. The maximum atomic E-state index is 13.5. The summed E-state index contributed by atoms with van der Waals surface area (Å²) in [6.45, 7) is 6.46. The number of rotatable bonds is 10. The molecular weight excluding hydrogens is 612 g/mol. The monoisotopic (exact) mass is 650 g/mol. The zero-order chi connectivity index (χ0) is 32.4. The Morgan fingerprint density at radius 3 is 2.43 bits per heavy atom. The fraction of sp³-hybridized carbons (Fsp3) is 0.448. The number of hydrogen-bond donors (Lipinski definition) is 2. The highest BCUT2D eigenvalue weighted by Crippen LogP contribution is 2.31. The van der Waals surface area contributed by atoms with Crippen LogP contribution >= 0.6 is 0 Å². The van der Waals surface area contributed by atoms with Crippen LogP contribution in [0.25, 0.3) is 0 Å². The number of nitrogens with zero attached hydrogens (tertiary/aromatic N) is 3. The minimum absolute atomic E-state index is 0.0180. The number of hydrogen-bond acceptors (Lipinski definition) is 10. The summed E-state index contributed by atoms with van der Waals surface area (Å²) in [5, 5.41) is 13.7. The van der Waals surface area contributed by atoms with Gasteiger partial charge in [-0.25, -0.2) is 16.8 Å². The van der Waals surface area contributed by atoms with Gasteiger partial charge in [0.05, 0.1) is 37.6 Å². The summed E-state index contributed by atoms with van der Waals surface area (Å²) in [5.74, 6) is 0.322. The van der Waals surface area contributed by atoms with Gasteiger partial charge in [-0.15, -0.1) is 0 Å². The quantitative estimate of drug-likeness (QED) is 0.333. The van der Waals surface area contributed by atoms with Crippen molar-refractivity contribution in [2.75, 3.05) is 38.6 Å².